The zero-order chi connectivity index (χ0) is 23.7. The zero-order valence-electron chi connectivity index (χ0n) is 19.5. The number of aliphatic hydroxyl groups excluding tert-OH is 1. The minimum Gasteiger partial charge on any atom is -0.507 e. The highest BCUT2D eigenvalue weighted by atomic mass is 16.5. The Morgan fingerprint density at radius 1 is 1.03 bits per heavy atom. The third kappa shape index (κ3) is 3.88. The molecule has 3 aromatic rings. The van der Waals surface area contributed by atoms with Crippen LogP contribution in [0.1, 0.15) is 48.1 Å². The van der Waals surface area contributed by atoms with Gasteiger partial charge in [0.1, 0.15) is 11.5 Å². The molecule has 1 fully saturated rings. The number of Topliss-reactive ketones (excluding diaryl/α,β-unsaturated/α-hetero) is 1. The Labute approximate surface area is 194 Å². The molecule has 1 unspecified atom stereocenters. The second-order valence-corrected chi connectivity index (χ2v) is 8.55. The molecule has 1 amide bonds. The average molecular weight is 444 g/mol. The second-order valence-electron chi connectivity index (χ2n) is 8.55. The Hall–Kier alpha value is -3.60. The summed E-state index contributed by atoms with van der Waals surface area (Å²) in [4.78, 5) is 28.1. The van der Waals surface area contributed by atoms with Crippen LogP contribution in [-0.4, -0.2) is 35.4 Å². The average Bonchev–Trinajstić information content (AvgIpc) is 3.07. The number of fused-ring (bicyclic) bond motifs is 1. The van der Waals surface area contributed by atoms with E-state index in [4.69, 9.17) is 4.74 Å². The minimum absolute atomic E-state index is 0.139. The standard InChI is InChI=1S/C28H29NO4/c1-5-6-14-29-25(21-13-9-11-19-10-7-8-12-20(19)21)24(27(31)28(29)32)26(30)22-15-18(3)23(33-4)16-17(22)2/h7-13,15-16,25,30H,5-6,14H2,1-4H3/b26-24+. The molecule has 1 saturated heterocycles. The number of ether oxygens (including phenoxy) is 1. The number of carbonyl (C=O) groups excluding carboxylic acids is 2. The number of unbranched alkanes of at least 4 members (excludes halogenated alkanes) is 1. The number of ketones is 1. The summed E-state index contributed by atoms with van der Waals surface area (Å²) >= 11 is 0. The van der Waals surface area contributed by atoms with Crippen LogP contribution in [0.15, 0.2) is 60.2 Å². The van der Waals surface area contributed by atoms with Gasteiger partial charge in [-0.3, -0.25) is 9.59 Å². The number of aryl methyl sites for hydroxylation is 2. The van der Waals surface area contributed by atoms with E-state index in [-0.39, 0.29) is 11.3 Å². The van der Waals surface area contributed by atoms with Crippen LogP contribution in [0.2, 0.25) is 0 Å². The van der Waals surface area contributed by atoms with Crippen molar-refractivity contribution in [3.63, 3.8) is 0 Å². The first-order valence-electron chi connectivity index (χ1n) is 11.3. The van der Waals surface area contributed by atoms with Gasteiger partial charge in [0.2, 0.25) is 0 Å². The van der Waals surface area contributed by atoms with Crippen LogP contribution < -0.4 is 4.74 Å². The molecule has 5 heteroatoms. The highest BCUT2D eigenvalue weighted by Gasteiger charge is 2.46. The lowest BCUT2D eigenvalue weighted by atomic mass is 9.90. The molecule has 1 N–H and O–H groups in total. The Morgan fingerprint density at radius 2 is 1.76 bits per heavy atom. The predicted octanol–water partition coefficient (Wildman–Crippen LogP) is 5.69. The summed E-state index contributed by atoms with van der Waals surface area (Å²) in [6.45, 7) is 6.24. The van der Waals surface area contributed by atoms with E-state index in [9.17, 15) is 14.7 Å². The van der Waals surface area contributed by atoms with Crippen LogP contribution in [0.5, 0.6) is 5.75 Å². The number of amides is 1. The minimum atomic E-state index is -0.649. The van der Waals surface area contributed by atoms with Crippen molar-refractivity contribution in [1.29, 1.82) is 0 Å². The molecule has 170 valence electrons. The van der Waals surface area contributed by atoms with Gasteiger partial charge in [-0.25, -0.2) is 0 Å². The topological polar surface area (TPSA) is 66.8 Å². The van der Waals surface area contributed by atoms with Crippen molar-refractivity contribution in [2.45, 2.75) is 39.7 Å². The van der Waals surface area contributed by atoms with Gasteiger partial charge in [-0.2, -0.15) is 0 Å². The Bertz CT molecular complexity index is 1270. The molecule has 5 nitrogen and oxygen atoms in total. The molecule has 1 heterocycles. The van der Waals surface area contributed by atoms with Crippen molar-refractivity contribution >= 4 is 28.2 Å². The molecule has 33 heavy (non-hydrogen) atoms. The highest BCUT2D eigenvalue weighted by Crippen LogP contribution is 2.42. The van der Waals surface area contributed by atoms with Gasteiger partial charge in [-0.05, 0) is 59.9 Å². The van der Waals surface area contributed by atoms with Gasteiger partial charge in [0.15, 0.2) is 0 Å². The molecule has 0 radical (unpaired) electrons. The third-order valence-corrected chi connectivity index (χ3v) is 6.41. The van der Waals surface area contributed by atoms with Crippen molar-refractivity contribution in [3.05, 3.63) is 82.4 Å². The van der Waals surface area contributed by atoms with Gasteiger partial charge in [-0.15, -0.1) is 0 Å². The number of methoxy groups -OCH3 is 1. The van der Waals surface area contributed by atoms with Gasteiger partial charge in [0, 0.05) is 12.1 Å². The monoisotopic (exact) mass is 443 g/mol. The van der Waals surface area contributed by atoms with Crippen molar-refractivity contribution in [2.24, 2.45) is 0 Å². The summed E-state index contributed by atoms with van der Waals surface area (Å²) in [5.41, 5.74) is 3.12. The SMILES string of the molecule is CCCCN1C(=O)C(=O)/C(=C(/O)c2cc(C)c(OC)cc2C)C1c1cccc2ccccc12. The molecule has 0 aliphatic carbocycles. The molecule has 0 aromatic heterocycles. The molecule has 1 aliphatic heterocycles. The van der Waals surface area contributed by atoms with E-state index in [0.29, 0.717) is 17.9 Å². The predicted molar refractivity (Wildman–Crippen MR) is 130 cm³/mol. The van der Waals surface area contributed by atoms with E-state index in [2.05, 4.69) is 0 Å². The van der Waals surface area contributed by atoms with Gasteiger partial charge in [0.05, 0.1) is 18.7 Å². The second kappa shape index (κ2) is 9.10. The van der Waals surface area contributed by atoms with Crippen LogP contribution >= 0.6 is 0 Å². The lowest BCUT2D eigenvalue weighted by Crippen LogP contribution is -2.30. The fourth-order valence-electron chi connectivity index (χ4n) is 4.66. The number of carbonyl (C=O) groups is 2. The molecule has 4 rings (SSSR count). The molecule has 3 aromatic carbocycles. The number of hydrogen-bond donors (Lipinski definition) is 1. The quantitative estimate of drug-likeness (QED) is 0.302. The van der Waals surface area contributed by atoms with E-state index >= 15 is 0 Å². The molecule has 1 aliphatic rings. The normalized spacial score (nSPS) is 17.7. The first-order valence-corrected chi connectivity index (χ1v) is 11.3. The van der Waals surface area contributed by atoms with Gasteiger partial charge < -0.3 is 14.7 Å². The summed E-state index contributed by atoms with van der Waals surface area (Å²) in [5.74, 6) is -0.646. The molecular formula is C28H29NO4. The largest absolute Gasteiger partial charge is 0.507 e. The number of likely N-dealkylation sites (tertiary alicyclic amines) is 1. The zero-order valence-corrected chi connectivity index (χ0v) is 19.5. The summed E-state index contributed by atoms with van der Waals surface area (Å²) in [5, 5.41) is 13.4. The first kappa shape index (κ1) is 22.6. The van der Waals surface area contributed by atoms with Crippen LogP contribution in [0.25, 0.3) is 16.5 Å². The summed E-state index contributed by atoms with van der Waals surface area (Å²) in [7, 11) is 1.60. The lowest BCUT2D eigenvalue weighted by molar-refractivity contribution is -0.139. The summed E-state index contributed by atoms with van der Waals surface area (Å²) in [6, 6.07) is 16.8. The van der Waals surface area contributed by atoms with Crippen LogP contribution in [0, 0.1) is 13.8 Å². The van der Waals surface area contributed by atoms with Crippen molar-refractivity contribution in [3.8, 4) is 5.75 Å². The number of benzene rings is 3. The van der Waals surface area contributed by atoms with Crippen molar-refractivity contribution in [2.75, 3.05) is 13.7 Å². The van der Waals surface area contributed by atoms with Crippen molar-refractivity contribution in [1.82, 2.24) is 4.90 Å². The Morgan fingerprint density at radius 3 is 2.48 bits per heavy atom. The maximum atomic E-state index is 13.3. The first-order chi connectivity index (χ1) is 15.9. The third-order valence-electron chi connectivity index (χ3n) is 6.41. The van der Waals surface area contributed by atoms with E-state index < -0.39 is 17.7 Å². The molecule has 1 atom stereocenters. The van der Waals surface area contributed by atoms with E-state index in [1.165, 1.54) is 0 Å². The van der Waals surface area contributed by atoms with E-state index in [0.717, 1.165) is 40.3 Å². The lowest BCUT2D eigenvalue weighted by Gasteiger charge is -2.26. The number of rotatable bonds is 6. The molecular weight excluding hydrogens is 414 g/mol. The maximum absolute atomic E-state index is 13.3. The highest BCUT2D eigenvalue weighted by molar-refractivity contribution is 6.46. The number of hydrogen-bond acceptors (Lipinski definition) is 4. The molecule has 0 bridgehead atoms. The smallest absolute Gasteiger partial charge is 0.295 e. The number of nitrogens with zero attached hydrogens (tertiary/aromatic N) is 1. The van der Waals surface area contributed by atoms with Gasteiger partial charge in [-0.1, -0.05) is 55.8 Å². The molecule has 0 spiro atoms. The molecule has 0 saturated carbocycles. The number of aliphatic hydroxyl groups is 1. The Kier molecular flexibility index (Phi) is 6.23. The van der Waals surface area contributed by atoms with Gasteiger partial charge >= 0.3 is 0 Å². The summed E-state index contributed by atoms with van der Waals surface area (Å²) in [6.07, 6.45) is 1.66. The van der Waals surface area contributed by atoms with Crippen LogP contribution in [-0.2, 0) is 9.59 Å². The van der Waals surface area contributed by atoms with Gasteiger partial charge in [0.25, 0.3) is 11.7 Å². The van der Waals surface area contributed by atoms with E-state index in [1.807, 2.05) is 75.4 Å². The Balaban J connectivity index is 1.98. The van der Waals surface area contributed by atoms with Crippen LogP contribution in [0.4, 0.5) is 0 Å². The maximum Gasteiger partial charge on any atom is 0.295 e. The van der Waals surface area contributed by atoms with E-state index in [1.54, 1.807) is 12.0 Å². The van der Waals surface area contributed by atoms with Crippen molar-refractivity contribution < 1.29 is 19.4 Å². The fraction of sp³-hybridized carbons (Fsp3) is 0.286. The summed E-state index contributed by atoms with van der Waals surface area (Å²) < 4.78 is 5.40. The fourth-order valence-corrected chi connectivity index (χ4v) is 4.66. The van der Waals surface area contributed by atoms with Crippen LogP contribution in [0.3, 0.4) is 0 Å².